The second-order valence-corrected chi connectivity index (χ2v) is 6.79. The summed E-state index contributed by atoms with van der Waals surface area (Å²) in [6, 6.07) is 10.5. The maximum atomic E-state index is 5.44. The van der Waals surface area contributed by atoms with E-state index in [4.69, 9.17) is 4.52 Å². The Kier molecular flexibility index (Phi) is 7.44. The molecule has 0 aliphatic rings. The molecule has 0 fully saturated rings. The number of nitrogens with zero attached hydrogens (tertiary/aromatic N) is 4. The van der Waals surface area contributed by atoms with E-state index in [-0.39, 0.29) is 0 Å². The molecule has 29 heavy (non-hydrogen) atoms. The van der Waals surface area contributed by atoms with Gasteiger partial charge in [0.15, 0.2) is 5.96 Å². The third-order valence-corrected chi connectivity index (χ3v) is 4.96. The van der Waals surface area contributed by atoms with Crippen molar-refractivity contribution in [3.63, 3.8) is 0 Å². The number of hydrogen-bond donors (Lipinski definition) is 2. The molecule has 3 aromatic rings. The van der Waals surface area contributed by atoms with Crippen LogP contribution in [0.15, 0.2) is 52.2 Å². The van der Waals surface area contributed by atoms with Crippen LogP contribution in [0.5, 0.6) is 0 Å². The third kappa shape index (κ3) is 5.47. The third-order valence-electron chi connectivity index (χ3n) is 4.96. The number of nitrogens with one attached hydrogen (secondary N) is 2. The van der Waals surface area contributed by atoms with Gasteiger partial charge in [-0.3, -0.25) is 4.99 Å². The number of imidazole rings is 1. The van der Waals surface area contributed by atoms with E-state index in [9.17, 15) is 0 Å². The lowest BCUT2D eigenvalue weighted by Gasteiger charge is -2.13. The summed E-state index contributed by atoms with van der Waals surface area (Å²) in [7, 11) is 1.77. The molecule has 0 atom stereocenters. The molecule has 0 bridgehead atoms. The number of hydrogen-bond acceptors (Lipinski definition) is 4. The Hall–Kier alpha value is -3.09. The van der Waals surface area contributed by atoms with Crippen molar-refractivity contribution in [2.24, 2.45) is 4.99 Å². The van der Waals surface area contributed by atoms with Crippen LogP contribution in [-0.2, 0) is 38.9 Å². The van der Waals surface area contributed by atoms with Gasteiger partial charge in [0, 0.05) is 44.5 Å². The Morgan fingerprint density at radius 2 is 1.90 bits per heavy atom. The van der Waals surface area contributed by atoms with Gasteiger partial charge in [0.1, 0.15) is 11.6 Å². The molecule has 0 radical (unpaired) electrons. The Balaban J connectivity index is 1.54. The van der Waals surface area contributed by atoms with Crippen LogP contribution in [0, 0.1) is 0 Å². The van der Waals surface area contributed by atoms with Crippen molar-refractivity contribution in [3.8, 4) is 0 Å². The van der Waals surface area contributed by atoms with E-state index in [0.717, 1.165) is 54.6 Å². The summed E-state index contributed by atoms with van der Waals surface area (Å²) in [5, 5.41) is 10.9. The highest BCUT2D eigenvalue weighted by molar-refractivity contribution is 5.79. The molecule has 0 saturated carbocycles. The van der Waals surface area contributed by atoms with Gasteiger partial charge < -0.3 is 19.7 Å². The van der Waals surface area contributed by atoms with Crippen molar-refractivity contribution >= 4 is 5.96 Å². The molecule has 0 aliphatic heterocycles. The van der Waals surface area contributed by atoms with Crippen LogP contribution >= 0.6 is 0 Å². The predicted octanol–water partition coefficient (Wildman–Crippen LogP) is 3.10. The summed E-state index contributed by atoms with van der Waals surface area (Å²) in [5.41, 5.74) is 3.45. The van der Waals surface area contributed by atoms with Crippen molar-refractivity contribution in [1.82, 2.24) is 25.3 Å². The van der Waals surface area contributed by atoms with Crippen LogP contribution < -0.4 is 10.6 Å². The van der Waals surface area contributed by atoms with Gasteiger partial charge in [-0.1, -0.05) is 49.3 Å². The summed E-state index contributed by atoms with van der Waals surface area (Å²) in [4.78, 5) is 8.82. The average molecular weight is 395 g/mol. The van der Waals surface area contributed by atoms with Crippen LogP contribution in [0.2, 0.25) is 0 Å². The molecule has 2 heterocycles. The molecule has 0 unspecified atom stereocenters. The van der Waals surface area contributed by atoms with Gasteiger partial charge in [-0.2, -0.15) is 0 Å². The smallest absolute Gasteiger partial charge is 0.191 e. The molecule has 2 aromatic heterocycles. The first-order valence-corrected chi connectivity index (χ1v) is 10.2. The van der Waals surface area contributed by atoms with E-state index in [2.05, 4.69) is 68.4 Å². The van der Waals surface area contributed by atoms with E-state index in [1.165, 1.54) is 5.56 Å². The van der Waals surface area contributed by atoms with E-state index in [1.807, 2.05) is 18.5 Å². The molecule has 0 aliphatic carbocycles. The minimum absolute atomic E-state index is 0.604. The Bertz CT molecular complexity index is 891. The summed E-state index contributed by atoms with van der Waals surface area (Å²) >= 11 is 0. The number of benzene rings is 1. The fourth-order valence-corrected chi connectivity index (χ4v) is 3.30. The van der Waals surface area contributed by atoms with Crippen molar-refractivity contribution in [3.05, 3.63) is 71.1 Å². The number of aromatic nitrogens is 3. The number of guanidine groups is 1. The van der Waals surface area contributed by atoms with Gasteiger partial charge in [-0.25, -0.2) is 4.98 Å². The number of rotatable bonds is 9. The highest BCUT2D eigenvalue weighted by Gasteiger charge is 2.14. The first-order chi connectivity index (χ1) is 14.2. The Morgan fingerprint density at radius 3 is 2.62 bits per heavy atom. The number of aliphatic imine (C=N–C) groups is 1. The van der Waals surface area contributed by atoms with E-state index < -0.39 is 0 Å². The highest BCUT2D eigenvalue weighted by Crippen LogP contribution is 2.15. The summed E-state index contributed by atoms with van der Waals surface area (Å²) in [6.07, 6.45) is 6.52. The van der Waals surface area contributed by atoms with E-state index in [1.54, 1.807) is 7.05 Å². The SMILES string of the molecule is CCc1noc(CC)c1CNC(=NC)NCc1nccn1CCc1ccccc1. The highest BCUT2D eigenvalue weighted by atomic mass is 16.5. The molecule has 154 valence electrons. The lowest BCUT2D eigenvalue weighted by molar-refractivity contribution is 0.380. The monoisotopic (exact) mass is 394 g/mol. The molecule has 7 nitrogen and oxygen atoms in total. The molecular weight excluding hydrogens is 364 g/mol. The topological polar surface area (TPSA) is 80.3 Å². The van der Waals surface area contributed by atoms with Crippen molar-refractivity contribution < 1.29 is 4.52 Å². The normalized spacial score (nSPS) is 11.6. The molecule has 0 spiro atoms. The second kappa shape index (κ2) is 10.5. The zero-order valence-corrected chi connectivity index (χ0v) is 17.5. The van der Waals surface area contributed by atoms with Crippen LogP contribution in [0.25, 0.3) is 0 Å². The average Bonchev–Trinajstić information content (AvgIpc) is 3.39. The zero-order chi connectivity index (χ0) is 20.5. The fourth-order valence-electron chi connectivity index (χ4n) is 3.30. The molecule has 1 aromatic carbocycles. The molecule has 0 saturated heterocycles. The minimum atomic E-state index is 0.604. The fraction of sp³-hybridized carbons (Fsp3) is 0.409. The van der Waals surface area contributed by atoms with Gasteiger partial charge in [0.05, 0.1) is 12.2 Å². The first-order valence-electron chi connectivity index (χ1n) is 10.2. The Labute approximate surface area is 172 Å². The quantitative estimate of drug-likeness (QED) is 0.431. The van der Waals surface area contributed by atoms with Crippen LogP contribution in [-0.4, -0.2) is 27.7 Å². The lowest BCUT2D eigenvalue weighted by Crippen LogP contribution is -2.37. The second-order valence-electron chi connectivity index (χ2n) is 6.79. The summed E-state index contributed by atoms with van der Waals surface area (Å²) in [6.45, 7) is 6.30. The molecular formula is C22H30N6O. The number of aryl methyl sites for hydroxylation is 4. The van der Waals surface area contributed by atoms with E-state index in [0.29, 0.717) is 13.1 Å². The van der Waals surface area contributed by atoms with Crippen LogP contribution in [0.4, 0.5) is 0 Å². The van der Waals surface area contributed by atoms with Gasteiger partial charge >= 0.3 is 0 Å². The molecule has 2 N–H and O–H groups in total. The van der Waals surface area contributed by atoms with Crippen LogP contribution in [0.1, 0.15) is 42.3 Å². The molecule has 3 rings (SSSR count). The van der Waals surface area contributed by atoms with Crippen molar-refractivity contribution in [1.29, 1.82) is 0 Å². The maximum Gasteiger partial charge on any atom is 0.191 e. The van der Waals surface area contributed by atoms with Gasteiger partial charge in [-0.05, 0) is 18.4 Å². The minimum Gasteiger partial charge on any atom is -0.361 e. The lowest BCUT2D eigenvalue weighted by atomic mass is 10.1. The van der Waals surface area contributed by atoms with Gasteiger partial charge in [-0.15, -0.1) is 0 Å². The maximum absolute atomic E-state index is 5.44. The zero-order valence-electron chi connectivity index (χ0n) is 17.5. The molecule has 0 amide bonds. The predicted molar refractivity (Wildman–Crippen MR) is 115 cm³/mol. The van der Waals surface area contributed by atoms with Gasteiger partial charge in [0.25, 0.3) is 0 Å². The van der Waals surface area contributed by atoms with Crippen molar-refractivity contribution in [2.75, 3.05) is 7.05 Å². The van der Waals surface area contributed by atoms with E-state index >= 15 is 0 Å². The largest absolute Gasteiger partial charge is 0.361 e. The first kappa shape index (κ1) is 20.6. The summed E-state index contributed by atoms with van der Waals surface area (Å²) < 4.78 is 7.61. The van der Waals surface area contributed by atoms with Gasteiger partial charge in [0.2, 0.25) is 0 Å². The molecule has 7 heteroatoms. The van der Waals surface area contributed by atoms with Crippen molar-refractivity contribution in [2.45, 2.75) is 52.7 Å². The summed E-state index contributed by atoms with van der Waals surface area (Å²) in [5.74, 6) is 2.64. The standard InChI is InChI=1S/C22H30N6O/c1-4-19-18(20(5-2)29-27-19)15-25-22(23-3)26-16-21-24-12-14-28(21)13-11-17-9-7-6-8-10-17/h6-10,12,14H,4-5,11,13,15-16H2,1-3H3,(H2,23,25,26). The Morgan fingerprint density at radius 1 is 1.10 bits per heavy atom. The van der Waals surface area contributed by atoms with Crippen LogP contribution in [0.3, 0.4) is 0 Å².